The van der Waals surface area contributed by atoms with E-state index in [1.54, 1.807) is 0 Å². The molecule has 0 aliphatic heterocycles. The van der Waals surface area contributed by atoms with E-state index >= 15 is 0 Å². The van der Waals surface area contributed by atoms with Gasteiger partial charge in [0.05, 0.1) is 0 Å². The maximum Gasteiger partial charge on any atom is 0.287 e. The van der Waals surface area contributed by atoms with Gasteiger partial charge in [-0.25, -0.2) is 8.42 Å². The van der Waals surface area contributed by atoms with Gasteiger partial charge in [-0.1, -0.05) is 0 Å². The molecule has 2 fully saturated rings. The quantitative estimate of drug-likeness (QED) is 0.813. The first kappa shape index (κ1) is 14.9. The van der Waals surface area contributed by atoms with Crippen LogP contribution in [-0.4, -0.2) is 20.9 Å². The third-order valence-electron chi connectivity index (χ3n) is 4.31. The van der Waals surface area contributed by atoms with Crippen LogP contribution in [0.2, 0.25) is 0 Å². The third kappa shape index (κ3) is 3.43. The Morgan fingerprint density at radius 2 is 1.95 bits per heavy atom. The Kier molecular flexibility index (Phi) is 3.78. The maximum atomic E-state index is 12.1. The molecule has 3 rings (SSSR count). The minimum absolute atomic E-state index is 0.00271. The summed E-state index contributed by atoms with van der Waals surface area (Å²) in [7, 11) is 1.40. The van der Waals surface area contributed by atoms with Crippen LogP contribution in [0.15, 0.2) is 15.4 Å². The molecule has 21 heavy (non-hydrogen) atoms. The molecule has 116 valence electrons. The molecular formula is C14H18ClNO4S. The van der Waals surface area contributed by atoms with Gasteiger partial charge >= 0.3 is 0 Å². The van der Waals surface area contributed by atoms with E-state index in [9.17, 15) is 13.2 Å². The number of aryl methyl sites for hydroxylation is 1. The van der Waals surface area contributed by atoms with Crippen LogP contribution in [0.3, 0.4) is 0 Å². The molecule has 1 amide bonds. The molecule has 0 spiro atoms. The van der Waals surface area contributed by atoms with Crippen LogP contribution in [0.4, 0.5) is 0 Å². The van der Waals surface area contributed by atoms with Gasteiger partial charge in [0.2, 0.25) is 0 Å². The molecule has 7 heteroatoms. The summed E-state index contributed by atoms with van der Waals surface area (Å²) in [6, 6.07) is 1.19. The fourth-order valence-corrected chi connectivity index (χ4v) is 3.98. The average molecular weight is 332 g/mol. The highest BCUT2D eigenvalue weighted by Crippen LogP contribution is 2.48. The highest BCUT2D eigenvalue weighted by Gasteiger charge is 2.41. The van der Waals surface area contributed by atoms with Crippen molar-refractivity contribution in [2.45, 2.75) is 37.5 Å². The van der Waals surface area contributed by atoms with Gasteiger partial charge in [0.1, 0.15) is 10.7 Å². The van der Waals surface area contributed by atoms with Crippen molar-refractivity contribution in [1.82, 2.24) is 5.32 Å². The Bertz CT molecular complexity index is 647. The molecule has 1 aromatic rings. The molecule has 1 heterocycles. The molecular weight excluding hydrogens is 314 g/mol. The van der Waals surface area contributed by atoms with Gasteiger partial charge in [-0.3, -0.25) is 4.79 Å². The molecule has 2 aliphatic rings. The predicted octanol–water partition coefficient (Wildman–Crippen LogP) is 2.68. The number of nitrogens with one attached hydrogen (secondary N) is 1. The van der Waals surface area contributed by atoms with Gasteiger partial charge < -0.3 is 9.73 Å². The predicted molar refractivity (Wildman–Crippen MR) is 77.8 cm³/mol. The summed E-state index contributed by atoms with van der Waals surface area (Å²) in [5, 5.41) is 2.86. The summed E-state index contributed by atoms with van der Waals surface area (Å²) >= 11 is 0. The number of hydrogen-bond donors (Lipinski definition) is 1. The lowest BCUT2D eigenvalue weighted by atomic mass is 9.98. The topological polar surface area (TPSA) is 76.4 Å². The van der Waals surface area contributed by atoms with Crippen molar-refractivity contribution in [2.24, 2.45) is 17.8 Å². The number of rotatable bonds is 6. The van der Waals surface area contributed by atoms with E-state index in [4.69, 9.17) is 15.1 Å². The molecule has 0 saturated heterocycles. The molecule has 2 aliphatic carbocycles. The second kappa shape index (κ2) is 5.32. The Balaban J connectivity index is 1.65. The van der Waals surface area contributed by atoms with Gasteiger partial charge in [0, 0.05) is 23.3 Å². The SMILES string of the molecule is Cc1oc(C(=O)NCC(C2CC2)C2CC2)cc1S(=O)(=O)Cl. The Hall–Kier alpha value is -1.01. The van der Waals surface area contributed by atoms with E-state index in [1.807, 2.05) is 0 Å². The summed E-state index contributed by atoms with van der Waals surface area (Å²) < 4.78 is 27.9. The Labute approximate surface area is 128 Å². The van der Waals surface area contributed by atoms with Gasteiger partial charge in [-0.2, -0.15) is 0 Å². The number of amides is 1. The van der Waals surface area contributed by atoms with Crippen molar-refractivity contribution in [3.05, 3.63) is 17.6 Å². The van der Waals surface area contributed by atoms with Gasteiger partial charge in [0.25, 0.3) is 15.0 Å². The summed E-state index contributed by atoms with van der Waals surface area (Å²) in [6.07, 6.45) is 5.02. The summed E-state index contributed by atoms with van der Waals surface area (Å²) in [6.45, 7) is 2.11. The van der Waals surface area contributed by atoms with Crippen LogP contribution in [0.25, 0.3) is 0 Å². The van der Waals surface area contributed by atoms with E-state index < -0.39 is 9.05 Å². The number of hydrogen-bond acceptors (Lipinski definition) is 4. The van der Waals surface area contributed by atoms with Crippen molar-refractivity contribution in [3.63, 3.8) is 0 Å². The largest absolute Gasteiger partial charge is 0.455 e. The number of carbonyl (C=O) groups excluding carboxylic acids is 1. The molecule has 0 radical (unpaired) electrons. The van der Waals surface area contributed by atoms with Gasteiger partial charge in [-0.15, -0.1) is 0 Å². The van der Waals surface area contributed by atoms with Crippen LogP contribution in [-0.2, 0) is 9.05 Å². The van der Waals surface area contributed by atoms with Crippen molar-refractivity contribution in [2.75, 3.05) is 6.54 Å². The van der Waals surface area contributed by atoms with Crippen LogP contribution >= 0.6 is 10.7 Å². The zero-order chi connectivity index (χ0) is 15.2. The highest BCUT2D eigenvalue weighted by atomic mass is 35.7. The first-order valence-electron chi connectivity index (χ1n) is 7.19. The summed E-state index contributed by atoms with van der Waals surface area (Å²) in [5.41, 5.74) is 0. The molecule has 2 saturated carbocycles. The summed E-state index contributed by atoms with van der Waals surface area (Å²) in [4.78, 5) is 11.9. The standard InChI is InChI=1S/C14H18ClNO4S/c1-8-13(21(15,18)19)6-12(20-8)14(17)16-7-11(9-2-3-9)10-4-5-10/h6,9-11H,2-5,7H2,1H3,(H,16,17). The number of halogens is 1. The second-order valence-electron chi connectivity index (χ2n) is 6.02. The zero-order valence-corrected chi connectivity index (χ0v) is 13.3. The maximum absolute atomic E-state index is 12.1. The number of furan rings is 1. The normalized spacial score (nSPS) is 19.0. The first-order valence-corrected chi connectivity index (χ1v) is 9.50. The Morgan fingerprint density at radius 1 is 1.38 bits per heavy atom. The molecule has 1 aromatic heterocycles. The minimum Gasteiger partial charge on any atom is -0.455 e. The minimum atomic E-state index is -3.89. The zero-order valence-electron chi connectivity index (χ0n) is 11.8. The Morgan fingerprint density at radius 3 is 2.38 bits per heavy atom. The van der Waals surface area contributed by atoms with Gasteiger partial charge in [-0.05, 0) is 50.4 Å². The van der Waals surface area contributed by atoms with E-state index in [2.05, 4.69) is 5.32 Å². The van der Waals surface area contributed by atoms with Crippen molar-refractivity contribution < 1.29 is 17.6 Å². The van der Waals surface area contributed by atoms with Crippen molar-refractivity contribution >= 4 is 25.6 Å². The van der Waals surface area contributed by atoms with Crippen molar-refractivity contribution in [1.29, 1.82) is 0 Å². The summed E-state index contributed by atoms with van der Waals surface area (Å²) in [5.74, 6) is 1.80. The smallest absolute Gasteiger partial charge is 0.287 e. The number of carbonyl (C=O) groups is 1. The fraction of sp³-hybridized carbons (Fsp3) is 0.643. The fourth-order valence-electron chi connectivity index (χ4n) is 2.88. The third-order valence-corrected chi connectivity index (χ3v) is 5.74. The lowest BCUT2D eigenvalue weighted by Gasteiger charge is -2.15. The van der Waals surface area contributed by atoms with Crippen LogP contribution < -0.4 is 5.32 Å². The van der Waals surface area contributed by atoms with E-state index in [0.717, 1.165) is 11.8 Å². The van der Waals surface area contributed by atoms with Crippen molar-refractivity contribution in [3.8, 4) is 0 Å². The van der Waals surface area contributed by atoms with Crippen LogP contribution in [0.1, 0.15) is 42.0 Å². The van der Waals surface area contributed by atoms with E-state index in [-0.39, 0.29) is 22.3 Å². The van der Waals surface area contributed by atoms with Crippen LogP contribution in [0, 0.1) is 24.7 Å². The first-order chi connectivity index (χ1) is 9.86. The average Bonchev–Trinajstić information content (AvgIpc) is 3.28. The highest BCUT2D eigenvalue weighted by molar-refractivity contribution is 8.13. The molecule has 0 bridgehead atoms. The molecule has 1 N–H and O–H groups in total. The molecule has 0 atom stereocenters. The van der Waals surface area contributed by atoms with E-state index in [0.29, 0.717) is 12.5 Å². The monoisotopic (exact) mass is 331 g/mol. The lowest BCUT2D eigenvalue weighted by Crippen LogP contribution is -2.30. The lowest BCUT2D eigenvalue weighted by molar-refractivity contribution is 0.0914. The van der Waals surface area contributed by atoms with E-state index in [1.165, 1.54) is 38.7 Å². The second-order valence-corrected chi connectivity index (χ2v) is 8.55. The van der Waals surface area contributed by atoms with Gasteiger partial charge in [0.15, 0.2) is 5.76 Å². The molecule has 0 aromatic carbocycles. The molecule has 5 nitrogen and oxygen atoms in total. The van der Waals surface area contributed by atoms with Crippen LogP contribution in [0.5, 0.6) is 0 Å². The molecule has 0 unspecified atom stereocenters.